The highest BCUT2D eigenvalue weighted by molar-refractivity contribution is 7.11. The zero-order valence-corrected chi connectivity index (χ0v) is 11.2. The molecule has 1 nitrogen and oxygen atoms in total. The Labute approximate surface area is 97.9 Å². The molecule has 0 aromatic carbocycles. The summed E-state index contributed by atoms with van der Waals surface area (Å²) >= 11 is 1.92. The maximum absolute atomic E-state index is 3.65. The minimum atomic E-state index is 0.588. The lowest BCUT2D eigenvalue weighted by molar-refractivity contribution is 0.442. The molecule has 2 heteroatoms. The van der Waals surface area contributed by atoms with Crippen molar-refractivity contribution in [3.63, 3.8) is 0 Å². The van der Waals surface area contributed by atoms with E-state index in [9.17, 15) is 0 Å². The molecule has 1 aromatic rings. The summed E-state index contributed by atoms with van der Waals surface area (Å²) in [5.41, 5.74) is 0. The number of nitrogens with one attached hydrogen (secondary N) is 1. The van der Waals surface area contributed by atoms with Gasteiger partial charge in [-0.1, -0.05) is 13.3 Å². The van der Waals surface area contributed by atoms with Crippen molar-refractivity contribution < 1.29 is 0 Å². The smallest absolute Gasteiger partial charge is 0.00894 e. The number of aryl methyl sites for hydroxylation is 1. The second-order valence-electron chi connectivity index (χ2n) is 4.47. The third-order valence-electron chi connectivity index (χ3n) is 2.59. The molecule has 1 heterocycles. The van der Waals surface area contributed by atoms with E-state index in [-0.39, 0.29) is 0 Å². The van der Waals surface area contributed by atoms with E-state index >= 15 is 0 Å². The molecule has 2 atom stereocenters. The lowest BCUT2D eigenvalue weighted by atomic mass is 10.1. The zero-order chi connectivity index (χ0) is 11.3. The van der Waals surface area contributed by atoms with Gasteiger partial charge in [0.05, 0.1) is 0 Å². The summed E-state index contributed by atoms with van der Waals surface area (Å²) in [4.78, 5) is 2.91. The Balaban J connectivity index is 2.32. The number of rotatable bonds is 6. The van der Waals surface area contributed by atoms with Crippen LogP contribution >= 0.6 is 11.3 Å². The van der Waals surface area contributed by atoms with Crippen LogP contribution in [0.3, 0.4) is 0 Å². The van der Waals surface area contributed by atoms with Gasteiger partial charge < -0.3 is 5.32 Å². The predicted octanol–water partition coefficient (Wildman–Crippen LogP) is 3.77. The number of thiophene rings is 1. The van der Waals surface area contributed by atoms with Gasteiger partial charge in [0.2, 0.25) is 0 Å². The zero-order valence-electron chi connectivity index (χ0n) is 10.3. The molecule has 0 radical (unpaired) electrons. The van der Waals surface area contributed by atoms with Gasteiger partial charge in [0.25, 0.3) is 0 Å². The minimum absolute atomic E-state index is 0.588. The van der Waals surface area contributed by atoms with Crippen LogP contribution in [0.25, 0.3) is 0 Å². The summed E-state index contributed by atoms with van der Waals surface area (Å²) in [5, 5.41) is 3.65. The number of hydrogen-bond donors (Lipinski definition) is 1. The van der Waals surface area contributed by atoms with Crippen molar-refractivity contribution in [2.45, 2.75) is 59.0 Å². The Kier molecular flexibility index (Phi) is 5.34. The summed E-state index contributed by atoms with van der Waals surface area (Å²) in [6.07, 6.45) is 3.69. The molecule has 0 aliphatic rings. The monoisotopic (exact) mass is 225 g/mol. The van der Waals surface area contributed by atoms with Gasteiger partial charge >= 0.3 is 0 Å². The van der Waals surface area contributed by atoms with Crippen LogP contribution < -0.4 is 5.32 Å². The molecule has 86 valence electrons. The second-order valence-corrected chi connectivity index (χ2v) is 5.85. The van der Waals surface area contributed by atoms with E-state index in [0.717, 1.165) is 6.42 Å². The minimum Gasteiger partial charge on any atom is -0.311 e. The predicted molar refractivity (Wildman–Crippen MR) is 69.7 cm³/mol. The van der Waals surface area contributed by atoms with Crippen LogP contribution in [0.5, 0.6) is 0 Å². The molecule has 0 aliphatic carbocycles. The molecule has 0 spiro atoms. The Bertz CT molecular complexity index is 280. The van der Waals surface area contributed by atoms with E-state index in [1.54, 1.807) is 0 Å². The SMILES string of the molecule is CCCC(C)NC(C)Cc1ccc(C)s1. The highest BCUT2D eigenvalue weighted by Gasteiger charge is 2.08. The van der Waals surface area contributed by atoms with E-state index in [1.165, 1.54) is 22.6 Å². The van der Waals surface area contributed by atoms with Crippen molar-refractivity contribution in [1.82, 2.24) is 5.32 Å². The van der Waals surface area contributed by atoms with Crippen LogP contribution in [-0.4, -0.2) is 12.1 Å². The van der Waals surface area contributed by atoms with Crippen molar-refractivity contribution in [2.24, 2.45) is 0 Å². The van der Waals surface area contributed by atoms with E-state index in [1.807, 2.05) is 11.3 Å². The third kappa shape index (κ3) is 4.80. The molecule has 0 amide bonds. The first-order valence-corrected chi connectivity index (χ1v) is 6.74. The van der Waals surface area contributed by atoms with Gasteiger partial charge in [-0.3, -0.25) is 0 Å². The van der Waals surface area contributed by atoms with Crippen molar-refractivity contribution in [2.75, 3.05) is 0 Å². The highest BCUT2D eigenvalue weighted by atomic mass is 32.1. The van der Waals surface area contributed by atoms with Crippen molar-refractivity contribution >= 4 is 11.3 Å². The highest BCUT2D eigenvalue weighted by Crippen LogP contribution is 2.16. The Hall–Kier alpha value is -0.340. The second kappa shape index (κ2) is 6.29. The summed E-state index contributed by atoms with van der Waals surface area (Å²) < 4.78 is 0. The van der Waals surface area contributed by atoms with Crippen LogP contribution in [0, 0.1) is 6.92 Å². The first kappa shape index (κ1) is 12.7. The third-order valence-corrected chi connectivity index (χ3v) is 3.62. The lowest BCUT2D eigenvalue weighted by Gasteiger charge is -2.18. The Morgan fingerprint density at radius 3 is 2.53 bits per heavy atom. The van der Waals surface area contributed by atoms with Crippen molar-refractivity contribution in [3.8, 4) is 0 Å². The molecule has 0 fully saturated rings. The van der Waals surface area contributed by atoms with E-state index in [2.05, 4.69) is 45.1 Å². The van der Waals surface area contributed by atoms with Gasteiger partial charge in [0.15, 0.2) is 0 Å². The molecule has 0 bridgehead atoms. The van der Waals surface area contributed by atoms with Gasteiger partial charge in [0, 0.05) is 21.8 Å². The standard InChI is InChI=1S/C13H23NS/c1-5-6-10(2)14-11(3)9-13-8-7-12(4)15-13/h7-8,10-11,14H,5-6,9H2,1-4H3. The summed E-state index contributed by atoms with van der Waals surface area (Å²) in [5.74, 6) is 0. The summed E-state index contributed by atoms with van der Waals surface area (Å²) in [7, 11) is 0. The first-order chi connectivity index (χ1) is 7.11. The molecular weight excluding hydrogens is 202 g/mol. The van der Waals surface area contributed by atoms with Crippen LogP contribution in [0.2, 0.25) is 0 Å². The maximum Gasteiger partial charge on any atom is 0.00894 e. The Morgan fingerprint density at radius 1 is 1.27 bits per heavy atom. The molecule has 1 rings (SSSR count). The largest absolute Gasteiger partial charge is 0.311 e. The molecule has 1 N–H and O–H groups in total. The fraction of sp³-hybridized carbons (Fsp3) is 0.692. The first-order valence-electron chi connectivity index (χ1n) is 5.93. The molecular formula is C13H23NS. The average molecular weight is 225 g/mol. The van der Waals surface area contributed by atoms with Gasteiger partial charge in [-0.15, -0.1) is 11.3 Å². The molecule has 0 saturated carbocycles. The fourth-order valence-electron chi connectivity index (χ4n) is 1.96. The van der Waals surface area contributed by atoms with E-state index in [0.29, 0.717) is 12.1 Å². The van der Waals surface area contributed by atoms with Crippen LogP contribution in [0.4, 0.5) is 0 Å². The van der Waals surface area contributed by atoms with Gasteiger partial charge in [-0.05, 0) is 45.7 Å². The van der Waals surface area contributed by atoms with Crippen LogP contribution in [-0.2, 0) is 6.42 Å². The van der Waals surface area contributed by atoms with E-state index in [4.69, 9.17) is 0 Å². The topological polar surface area (TPSA) is 12.0 Å². The van der Waals surface area contributed by atoms with Gasteiger partial charge in [-0.25, -0.2) is 0 Å². The van der Waals surface area contributed by atoms with Crippen molar-refractivity contribution in [3.05, 3.63) is 21.9 Å². The molecule has 2 unspecified atom stereocenters. The van der Waals surface area contributed by atoms with Crippen molar-refractivity contribution in [1.29, 1.82) is 0 Å². The number of hydrogen-bond acceptors (Lipinski definition) is 2. The molecule has 0 aliphatic heterocycles. The van der Waals surface area contributed by atoms with E-state index < -0.39 is 0 Å². The summed E-state index contributed by atoms with van der Waals surface area (Å²) in [6.45, 7) is 8.97. The van der Waals surface area contributed by atoms with Crippen LogP contribution in [0.15, 0.2) is 12.1 Å². The fourth-order valence-corrected chi connectivity index (χ4v) is 2.98. The van der Waals surface area contributed by atoms with Crippen LogP contribution in [0.1, 0.15) is 43.4 Å². The molecule has 0 saturated heterocycles. The maximum atomic E-state index is 3.65. The molecule has 15 heavy (non-hydrogen) atoms. The van der Waals surface area contributed by atoms with Gasteiger partial charge in [-0.2, -0.15) is 0 Å². The Morgan fingerprint density at radius 2 is 2.00 bits per heavy atom. The lowest BCUT2D eigenvalue weighted by Crippen LogP contribution is -2.35. The summed E-state index contributed by atoms with van der Waals surface area (Å²) in [6, 6.07) is 5.70. The quantitative estimate of drug-likeness (QED) is 0.777. The normalized spacial score (nSPS) is 15.2. The molecule has 1 aromatic heterocycles. The average Bonchev–Trinajstić information content (AvgIpc) is 2.51. The van der Waals surface area contributed by atoms with Gasteiger partial charge in [0.1, 0.15) is 0 Å².